The Morgan fingerprint density at radius 3 is 2.48 bits per heavy atom. The monoisotopic (exact) mass is 282 g/mol. The van der Waals surface area contributed by atoms with Crippen LogP contribution in [0.15, 0.2) is 42.5 Å². The van der Waals surface area contributed by atoms with Crippen LogP contribution in [0.25, 0.3) is 0 Å². The van der Waals surface area contributed by atoms with Crippen molar-refractivity contribution in [2.24, 2.45) is 5.92 Å². The number of ether oxygens (including phenoxy) is 1. The van der Waals surface area contributed by atoms with Crippen molar-refractivity contribution >= 4 is 5.78 Å². The van der Waals surface area contributed by atoms with E-state index >= 15 is 0 Å². The number of aryl methyl sites for hydroxylation is 1. The number of rotatable bonds is 5. The van der Waals surface area contributed by atoms with Gasteiger partial charge in [0.1, 0.15) is 5.75 Å². The van der Waals surface area contributed by atoms with E-state index in [9.17, 15) is 4.79 Å². The quantitative estimate of drug-likeness (QED) is 0.758. The van der Waals surface area contributed by atoms with Crippen LogP contribution in [0.2, 0.25) is 0 Å². The maximum absolute atomic E-state index is 12.6. The smallest absolute Gasteiger partial charge is 0.193 e. The SMILES string of the molecule is COc1cc(C(=O)c2cccc(CC(C)C)c2)ccc1C. The molecule has 2 aromatic rings. The number of methoxy groups -OCH3 is 1. The minimum atomic E-state index is 0.0407. The fourth-order valence-corrected chi connectivity index (χ4v) is 2.44. The van der Waals surface area contributed by atoms with Crippen molar-refractivity contribution in [2.45, 2.75) is 27.2 Å². The van der Waals surface area contributed by atoms with E-state index in [1.807, 2.05) is 43.3 Å². The molecule has 0 amide bonds. The molecule has 0 aliphatic heterocycles. The van der Waals surface area contributed by atoms with E-state index < -0.39 is 0 Å². The van der Waals surface area contributed by atoms with Gasteiger partial charge in [-0.05, 0) is 42.5 Å². The van der Waals surface area contributed by atoms with Crippen molar-refractivity contribution in [3.8, 4) is 5.75 Å². The number of carbonyl (C=O) groups excluding carboxylic acids is 1. The molecular weight excluding hydrogens is 260 g/mol. The molecule has 0 bridgehead atoms. The zero-order valence-corrected chi connectivity index (χ0v) is 13.1. The number of carbonyl (C=O) groups is 1. The van der Waals surface area contributed by atoms with Gasteiger partial charge in [-0.3, -0.25) is 4.79 Å². The van der Waals surface area contributed by atoms with E-state index in [4.69, 9.17) is 4.74 Å². The summed E-state index contributed by atoms with van der Waals surface area (Å²) in [6, 6.07) is 13.5. The zero-order valence-electron chi connectivity index (χ0n) is 13.1. The van der Waals surface area contributed by atoms with Gasteiger partial charge in [0, 0.05) is 11.1 Å². The molecule has 0 aliphatic rings. The molecule has 2 rings (SSSR count). The minimum Gasteiger partial charge on any atom is -0.496 e. The third kappa shape index (κ3) is 3.72. The first-order chi connectivity index (χ1) is 10.0. The summed E-state index contributed by atoms with van der Waals surface area (Å²) in [6.07, 6.45) is 0.984. The molecule has 0 fully saturated rings. The van der Waals surface area contributed by atoms with E-state index in [-0.39, 0.29) is 5.78 Å². The average Bonchev–Trinajstić information content (AvgIpc) is 2.46. The van der Waals surface area contributed by atoms with Gasteiger partial charge < -0.3 is 4.74 Å². The lowest BCUT2D eigenvalue weighted by Crippen LogP contribution is -2.04. The second-order valence-electron chi connectivity index (χ2n) is 5.81. The van der Waals surface area contributed by atoms with Gasteiger partial charge in [-0.25, -0.2) is 0 Å². The average molecular weight is 282 g/mol. The van der Waals surface area contributed by atoms with Crippen LogP contribution in [-0.2, 0) is 6.42 Å². The highest BCUT2D eigenvalue weighted by atomic mass is 16.5. The summed E-state index contributed by atoms with van der Waals surface area (Å²) in [5, 5.41) is 0. The maximum Gasteiger partial charge on any atom is 0.193 e. The van der Waals surface area contributed by atoms with Gasteiger partial charge in [0.05, 0.1) is 7.11 Å². The number of ketones is 1. The number of hydrogen-bond acceptors (Lipinski definition) is 2. The summed E-state index contributed by atoms with van der Waals surface area (Å²) in [6.45, 7) is 6.33. The Balaban J connectivity index is 2.31. The molecule has 0 aromatic heterocycles. The van der Waals surface area contributed by atoms with Crippen molar-refractivity contribution in [1.82, 2.24) is 0 Å². The van der Waals surface area contributed by atoms with Crippen LogP contribution in [0.1, 0.15) is 40.9 Å². The summed E-state index contributed by atoms with van der Waals surface area (Å²) >= 11 is 0. The minimum absolute atomic E-state index is 0.0407. The van der Waals surface area contributed by atoms with Gasteiger partial charge >= 0.3 is 0 Å². The Bertz CT molecular complexity index is 642. The first-order valence-corrected chi connectivity index (χ1v) is 7.29. The van der Waals surface area contributed by atoms with Crippen molar-refractivity contribution in [1.29, 1.82) is 0 Å². The largest absolute Gasteiger partial charge is 0.496 e. The highest BCUT2D eigenvalue weighted by molar-refractivity contribution is 6.09. The van der Waals surface area contributed by atoms with Crippen LogP contribution in [0, 0.1) is 12.8 Å². The van der Waals surface area contributed by atoms with Gasteiger partial charge in [-0.2, -0.15) is 0 Å². The fourth-order valence-electron chi connectivity index (χ4n) is 2.44. The van der Waals surface area contributed by atoms with Crippen molar-refractivity contribution in [3.05, 3.63) is 64.7 Å². The van der Waals surface area contributed by atoms with E-state index in [0.29, 0.717) is 11.5 Å². The van der Waals surface area contributed by atoms with Gasteiger partial charge in [0.2, 0.25) is 0 Å². The lowest BCUT2D eigenvalue weighted by Gasteiger charge is -2.09. The van der Waals surface area contributed by atoms with Crippen molar-refractivity contribution < 1.29 is 9.53 Å². The summed E-state index contributed by atoms with van der Waals surface area (Å²) < 4.78 is 5.30. The van der Waals surface area contributed by atoms with Gasteiger partial charge in [-0.15, -0.1) is 0 Å². The maximum atomic E-state index is 12.6. The van der Waals surface area contributed by atoms with Crippen LogP contribution in [0.3, 0.4) is 0 Å². The molecule has 2 nitrogen and oxygen atoms in total. The third-order valence-corrected chi connectivity index (χ3v) is 3.50. The molecule has 21 heavy (non-hydrogen) atoms. The Labute approximate surface area is 126 Å². The summed E-state index contributed by atoms with van der Waals surface area (Å²) in [7, 11) is 1.62. The molecular formula is C19H22O2. The topological polar surface area (TPSA) is 26.3 Å². The van der Waals surface area contributed by atoms with Crippen molar-refractivity contribution in [2.75, 3.05) is 7.11 Å². The standard InChI is InChI=1S/C19H22O2/c1-13(2)10-15-6-5-7-16(11-15)19(20)17-9-8-14(3)18(12-17)21-4/h5-9,11-13H,10H2,1-4H3. The molecule has 0 atom stereocenters. The van der Waals surface area contributed by atoms with Crippen molar-refractivity contribution in [3.63, 3.8) is 0 Å². The van der Waals surface area contributed by atoms with Gasteiger partial charge in [0.15, 0.2) is 5.78 Å². The van der Waals surface area contributed by atoms with E-state index in [0.717, 1.165) is 23.3 Å². The number of benzene rings is 2. The molecule has 0 unspecified atom stereocenters. The van der Waals surface area contributed by atoms with Crippen LogP contribution in [-0.4, -0.2) is 12.9 Å². The molecule has 0 aliphatic carbocycles. The highest BCUT2D eigenvalue weighted by Gasteiger charge is 2.12. The second-order valence-corrected chi connectivity index (χ2v) is 5.81. The molecule has 0 saturated carbocycles. The molecule has 110 valence electrons. The predicted molar refractivity (Wildman–Crippen MR) is 86.1 cm³/mol. The summed E-state index contributed by atoms with van der Waals surface area (Å²) in [5.74, 6) is 1.37. The van der Waals surface area contributed by atoms with E-state index in [1.165, 1.54) is 5.56 Å². The normalized spacial score (nSPS) is 10.7. The Morgan fingerprint density at radius 2 is 1.81 bits per heavy atom. The predicted octanol–water partition coefficient (Wildman–Crippen LogP) is 4.43. The first kappa shape index (κ1) is 15.3. The zero-order chi connectivity index (χ0) is 15.4. The molecule has 0 spiro atoms. The Morgan fingerprint density at radius 1 is 1.10 bits per heavy atom. The Hall–Kier alpha value is -2.09. The molecule has 0 heterocycles. The molecule has 2 aromatic carbocycles. The Kier molecular flexibility index (Phi) is 4.79. The number of hydrogen-bond donors (Lipinski definition) is 0. The summed E-state index contributed by atoms with van der Waals surface area (Å²) in [5.41, 5.74) is 3.63. The second kappa shape index (κ2) is 6.57. The third-order valence-electron chi connectivity index (χ3n) is 3.50. The van der Waals surface area contributed by atoms with E-state index in [1.54, 1.807) is 7.11 Å². The van der Waals surface area contributed by atoms with E-state index in [2.05, 4.69) is 19.9 Å². The van der Waals surface area contributed by atoms with Crippen LogP contribution in [0.5, 0.6) is 5.75 Å². The van der Waals surface area contributed by atoms with Crippen LogP contribution in [0.4, 0.5) is 0 Å². The fraction of sp³-hybridized carbons (Fsp3) is 0.316. The van der Waals surface area contributed by atoms with Crippen LogP contribution >= 0.6 is 0 Å². The molecule has 0 radical (unpaired) electrons. The molecule has 0 N–H and O–H groups in total. The lowest BCUT2D eigenvalue weighted by atomic mass is 9.97. The first-order valence-electron chi connectivity index (χ1n) is 7.29. The van der Waals surface area contributed by atoms with Crippen LogP contribution < -0.4 is 4.74 Å². The van der Waals surface area contributed by atoms with Gasteiger partial charge in [-0.1, -0.05) is 44.2 Å². The molecule has 2 heteroatoms. The summed E-state index contributed by atoms with van der Waals surface area (Å²) in [4.78, 5) is 12.6. The highest BCUT2D eigenvalue weighted by Crippen LogP contribution is 2.21. The van der Waals surface area contributed by atoms with Gasteiger partial charge in [0.25, 0.3) is 0 Å². The molecule has 0 saturated heterocycles. The lowest BCUT2D eigenvalue weighted by molar-refractivity contribution is 0.103.